The summed E-state index contributed by atoms with van der Waals surface area (Å²) in [5, 5.41) is 8.26. The molecule has 0 atom stereocenters. The number of amides is 1. The van der Waals surface area contributed by atoms with Crippen molar-refractivity contribution in [2.45, 2.75) is 19.8 Å². The molecule has 8 heteroatoms. The highest BCUT2D eigenvalue weighted by Gasteiger charge is 2.23. The first-order valence-electron chi connectivity index (χ1n) is 9.18. The molecule has 1 aromatic heterocycles. The average Bonchev–Trinajstić information content (AvgIpc) is 3.14. The molecular formula is C21H19Cl2N3O3. The predicted molar refractivity (Wildman–Crippen MR) is 113 cm³/mol. The third-order valence-electron chi connectivity index (χ3n) is 4.53. The maximum atomic E-state index is 13.1. The fourth-order valence-corrected chi connectivity index (χ4v) is 3.64. The van der Waals surface area contributed by atoms with Gasteiger partial charge in [-0.3, -0.25) is 4.79 Å². The number of nitrogens with one attached hydrogen (secondary N) is 1. The summed E-state index contributed by atoms with van der Waals surface area (Å²) in [5.74, 6) is 0.860. The van der Waals surface area contributed by atoms with Crippen LogP contribution in [0.2, 0.25) is 10.0 Å². The first-order valence-corrected chi connectivity index (χ1v) is 9.94. The van der Waals surface area contributed by atoms with Gasteiger partial charge in [0.05, 0.1) is 33.9 Å². The number of nitrogens with zero attached hydrogens (tertiary/aromatic N) is 2. The van der Waals surface area contributed by atoms with Crippen LogP contribution < -0.4 is 14.8 Å². The molecule has 29 heavy (non-hydrogen) atoms. The molecule has 4 rings (SSSR count). The number of ether oxygens (including phenoxy) is 2. The third kappa shape index (κ3) is 3.91. The van der Waals surface area contributed by atoms with Crippen LogP contribution in [-0.4, -0.2) is 28.9 Å². The topological polar surface area (TPSA) is 65.4 Å². The smallest absolute Gasteiger partial charge is 0.259 e. The number of rotatable bonds is 4. The maximum absolute atomic E-state index is 13.1. The highest BCUT2D eigenvalue weighted by atomic mass is 35.5. The van der Waals surface area contributed by atoms with Crippen LogP contribution in [0.4, 0.5) is 5.69 Å². The van der Waals surface area contributed by atoms with Crippen molar-refractivity contribution in [3.8, 4) is 17.2 Å². The second-order valence-electron chi connectivity index (χ2n) is 6.92. The number of benzene rings is 2. The normalized spacial score (nSPS) is 12.9. The lowest BCUT2D eigenvalue weighted by atomic mass is 10.0. The van der Waals surface area contributed by atoms with Crippen molar-refractivity contribution in [2.24, 2.45) is 0 Å². The molecule has 1 amide bonds. The number of anilines is 1. The summed E-state index contributed by atoms with van der Waals surface area (Å²) >= 11 is 12.4. The molecule has 150 valence electrons. The first kappa shape index (κ1) is 19.6. The Hall–Kier alpha value is -2.70. The van der Waals surface area contributed by atoms with E-state index in [1.807, 2.05) is 26.0 Å². The summed E-state index contributed by atoms with van der Waals surface area (Å²) < 4.78 is 12.8. The zero-order valence-corrected chi connectivity index (χ0v) is 17.4. The van der Waals surface area contributed by atoms with Crippen LogP contribution in [0.3, 0.4) is 0 Å². The molecule has 3 aromatic rings. The molecule has 2 aromatic carbocycles. The van der Waals surface area contributed by atoms with E-state index in [-0.39, 0.29) is 11.8 Å². The highest BCUT2D eigenvalue weighted by molar-refractivity contribution is 6.34. The fourth-order valence-electron chi connectivity index (χ4n) is 3.25. The van der Waals surface area contributed by atoms with E-state index in [0.717, 1.165) is 11.4 Å². The number of fused-ring (bicyclic) bond motifs is 1. The van der Waals surface area contributed by atoms with E-state index < -0.39 is 0 Å². The summed E-state index contributed by atoms with van der Waals surface area (Å²) in [6.45, 7) is 4.93. The minimum absolute atomic E-state index is 0.0490. The van der Waals surface area contributed by atoms with E-state index >= 15 is 0 Å². The molecule has 1 N–H and O–H groups in total. The van der Waals surface area contributed by atoms with Crippen molar-refractivity contribution in [2.75, 3.05) is 18.5 Å². The van der Waals surface area contributed by atoms with Gasteiger partial charge in [-0.15, -0.1) is 0 Å². The number of hydrogen-bond donors (Lipinski definition) is 1. The molecule has 0 saturated carbocycles. The standard InChI is InChI=1S/C21H19Cl2N3O3/c1-12(2)20-15(11-24-26(20)14-5-3-4-13(22)8-14)21(27)25-17-10-19-18(9-16(17)23)28-6-7-29-19/h3-5,8-12H,6-7H2,1-2H3,(H,25,27). The zero-order valence-electron chi connectivity index (χ0n) is 15.9. The summed E-state index contributed by atoms with van der Waals surface area (Å²) in [4.78, 5) is 13.1. The zero-order chi connectivity index (χ0) is 20.5. The van der Waals surface area contributed by atoms with Gasteiger partial charge in [0.25, 0.3) is 5.91 Å². The Morgan fingerprint density at radius 2 is 1.86 bits per heavy atom. The molecular weight excluding hydrogens is 413 g/mol. The molecule has 1 aliphatic rings. The van der Waals surface area contributed by atoms with Gasteiger partial charge >= 0.3 is 0 Å². The largest absolute Gasteiger partial charge is 0.486 e. The summed E-state index contributed by atoms with van der Waals surface area (Å²) in [5.41, 5.74) is 2.48. The number of aromatic nitrogens is 2. The van der Waals surface area contributed by atoms with Gasteiger partial charge in [-0.2, -0.15) is 5.10 Å². The SMILES string of the molecule is CC(C)c1c(C(=O)Nc2cc3c(cc2Cl)OCCO3)cnn1-c1cccc(Cl)c1. The third-order valence-corrected chi connectivity index (χ3v) is 5.08. The Balaban J connectivity index is 1.68. The van der Waals surface area contributed by atoms with Gasteiger partial charge in [-0.05, 0) is 24.1 Å². The Bertz CT molecular complexity index is 1080. The Morgan fingerprint density at radius 1 is 1.14 bits per heavy atom. The number of halogens is 2. The van der Waals surface area contributed by atoms with Crippen LogP contribution in [0, 0.1) is 0 Å². The number of carbonyl (C=O) groups is 1. The van der Waals surface area contributed by atoms with Crippen LogP contribution >= 0.6 is 23.2 Å². The van der Waals surface area contributed by atoms with E-state index in [4.69, 9.17) is 32.7 Å². The second kappa shape index (κ2) is 7.97. The van der Waals surface area contributed by atoms with E-state index in [0.29, 0.717) is 46.0 Å². The average molecular weight is 432 g/mol. The van der Waals surface area contributed by atoms with Gasteiger partial charge in [-0.25, -0.2) is 4.68 Å². The Morgan fingerprint density at radius 3 is 2.55 bits per heavy atom. The molecule has 6 nitrogen and oxygen atoms in total. The van der Waals surface area contributed by atoms with Crippen molar-refractivity contribution in [1.29, 1.82) is 0 Å². The van der Waals surface area contributed by atoms with Crippen molar-refractivity contribution in [3.05, 3.63) is 63.9 Å². The number of hydrogen-bond acceptors (Lipinski definition) is 4. The lowest BCUT2D eigenvalue weighted by molar-refractivity contribution is 0.102. The molecule has 0 unspecified atom stereocenters. The molecule has 1 aliphatic heterocycles. The molecule has 0 radical (unpaired) electrons. The minimum atomic E-state index is -0.305. The van der Waals surface area contributed by atoms with E-state index in [9.17, 15) is 4.79 Å². The van der Waals surface area contributed by atoms with Crippen LogP contribution in [0.1, 0.15) is 35.8 Å². The quantitative estimate of drug-likeness (QED) is 0.606. The fraction of sp³-hybridized carbons (Fsp3) is 0.238. The summed E-state index contributed by atoms with van der Waals surface area (Å²) in [6.07, 6.45) is 1.55. The summed E-state index contributed by atoms with van der Waals surface area (Å²) in [7, 11) is 0. The van der Waals surface area contributed by atoms with Gasteiger partial charge in [-0.1, -0.05) is 43.1 Å². The first-order chi connectivity index (χ1) is 13.9. The van der Waals surface area contributed by atoms with E-state index in [1.54, 1.807) is 35.1 Å². The molecule has 2 heterocycles. The maximum Gasteiger partial charge on any atom is 0.259 e. The lowest BCUT2D eigenvalue weighted by Crippen LogP contribution is -2.18. The van der Waals surface area contributed by atoms with E-state index in [2.05, 4.69) is 10.4 Å². The van der Waals surface area contributed by atoms with Crippen molar-refractivity contribution < 1.29 is 14.3 Å². The van der Waals surface area contributed by atoms with Crippen LogP contribution in [-0.2, 0) is 0 Å². The van der Waals surface area contributed by atoms with Gasteiger partial charge in [0.2, 0.25) is 0 Å². The van der Waals surface area contributed by atoms with Crippen LogP contribution in [0.25, 0.3) is 5.69 Å². The molecule has 0 bridgehead atoms. The summed E-state index contributed by atoms with van der Waals surface area (Å²) in [6, 6.07) is 10.7. The van der Waals surface area contributed by atoms with Crippen molar-refractivity contribution in [3.63, 3.8) is 0 Å². The number of carbonyl (C=O) groups excluding carboxylic acids is 1. The molecule has 0 aliphatic carbocycles. The molecule has 0 saturated heterocycles. The van der Waals surface area contributed by atoms with Gasteiger partial charge in [0.15, 0.2) is 11.5 Å². The Labute approximate surface area is 178 Å². The predicted octanol–water partition coefficient (Wildman–Crippen LogP) is 5.33. The molecule has 0 spiro atoms. The monoisotopic (exact) mass is 431 g/mol. The Kier molecular flexibility index (Phi) is 5.39. The van der Waals surface area contributed by atoms with Crippen molar-refractivity contribution >= 4 is 34.8 Å². The van der Waals surface area contributed by atoms with E-state index in [1.165, 1.54) is 0 Å². The van der Waals surface area contributed by atoms with Gasteiger partial charge < -0.3 is 14.8 Å². The van der Waals surface area contributed by atoms with Crippen LogP contribution in [0.15, 0.2) is 42.6 Å². The highest BCUT2D eigenvalue weighted by Crippen LogP contribution is 2.38. The molecule has 0 fully saturated rings. The van der Waals surface area contributed by atoms with Gasteiger partial charge in [0, 0.05) is 17.2 Å². The van der Waals surface area contributed by atoms with Crippen LogP contribution in [0.5, 0.6) is 11.5 Å². The lowest BCUT2D eigenvalue weighted by Gasteiger charge is -2.20. The van der Waals surface area contributed by atoms with Crippen molar-refractivity contribution in [1.82, 2.24) is 9.78 Å². The minimum Gasteiger partial charge on any atom is -0.486 e. The second-order valence-corrected chi connectivity index (χ2v) is 7.76. The van der Waals surface area contributed by atoms with Gasteiger partial charge in [0.1, 0.15) is 13.2 Å².